The van der Waals surface area contributed by atoms with Gasteiger partial charge < -0.3 is 5.21 Å². The summed E-state index contributed by atoms with van der Waals surface area (Å²) in [6.07, 6.45) is 1.58. The molecule has 1 aromatic heterocycles. The van der Waals surface area contributed by atoms with Crippen molar-refractivity contribution in [2.24, 2.45) is 5.16 Å². The lowest BCUT2D eigenvalue weighted by molar-refractivity contribution is 0.321. The van der Waals surface area contributed by atoms with Crippen LogP contribution < -0.4 is 0 Å². The van der Waals surface area contributed by atoms with E-state index < -0.39 is 10.1 Å². The summed E-state index contributed by atoms with van der Waals surface area (Å²) in [5.41, 5.74) is 0. The summed E-state index contributed by atoms with van der Waals surface area (Å²) in [5, 5.41) is 12.2. The van der Waals surface area contributed by atoms with Crippen molar-refractivity contribution in [2.45, 2.75) is 11.3 Å². The van der Waals surface area contributed by atoms with Gasteiger partial charge in [-0.2, -0.15) is 8.42 Å². The van der Waals surface area contributed by atoms with Gasteiger partial charge in [-0.1, -0.05) is 0 Å². The molecule has 1 heterocycles. The minimum absolute atomic E-state index is 0.126. The summed E-state index contributed by atoms with van der Waals surface area (Å²) in [7, 11) is -4.10. The fourth-order valence-corrected chi connectivity index (χ4v) is 2.43. The van der Waals surface area contributed by atoms with Gasteiger partial charge in [-0.25, -0.2) is 0 Å². The molecule has 0 spiro atoms. The third-order valence-corrected chi connectivity index (χ3v) is 3.24. The zero-order valence-corrected chi connectivity index (χ0v) is 8.05. The van der Waals surface area contributed by atoms with E-state index in [1.807, 2.05) is 0 Å². The van der Waals surface area contributed by atoms with E-state index in [-0.39, 0.29) is 4.90 Å². The smallest absolute Gasteiger partial charge is 0.295 e. The van der Waals surface area contributed by atoms with Crippen LogP contribution in [-0.2, 0) is 16.5 Å². The van der Waals surface area contributed by atoms with Crippen LogP contribution in [0.2, 0.25) is 0 Å². The molecule has 0 amide bonds. The molecule has 0 aliphatic rings. The van der Waals surface area contributed by atoms with Gasteiger partial charge in [-0.15, -0.1) is 16.5 Å². The second-order valence-electron chi connectivity index (χ2n) is 2.23. The van der Waals surface area contributed by atoms with Gasteiger partial charge in [-0.3, -0.25) is 4.55 Å². The van der Waals surface area contributed by atoms with E-state index in [9.17, 15) is 8.42 Å². The second-order valence-corrected chi connectivity index (χ2v) is 4.64. The van der Waals surface area contributed by atoms with E-state index in [0.717, 1.165) is 0 Å². The van der Waals surface area contributed by atoms with Crippen LogP contribution in [0, 0.1) is 0 Å². The molecular weight excluding hydrogens is 214 g/mol. The molecule has 1 rings (SSSR count). The Balaban J connectivity index is 2.87. The zero-order chi connectivity index (χ0) is 9.90. The number of nitrogens with zero attached hydrogens (tertiary/aromatic N) is 1. The largest absolute Gasteiger partial charge is 0.411 e. The molecule has 0 saturated heterocycles. The van der Waals surface area contributed by atoms with Crippen molar-refractivity contribution in [3.8, 4) is 0 Å². The minimum atomic E-state index is -4.10. The maximum absolute atomic E-state index is 10.6. The van der Waals surface area contributed by atoms with Crippen molar-refractivity contribution >= 4 is 27.7 Å². The SMILES string of the molecule is O=S(=O)(O)c1csc(CC=NO)c1. The molecule has 1 aromatic rings. The van der Waals surface area contributed by atoms with Crippen LogP contribution in [0.3, 0.4) is 0 Å². The van der Waals surface area contributed by atoms with Gasteiger partial charge in [0, 0.05) is 22.9 Å². The van der Waals surface area contributed by atoms with E-state index in [4.69, 9.17) is 9.76 Å². The Morgan fingerprint density at radius 2 is 2.31 bits per heavy atom. The summed E-state index contributed by atoms with van der Waals surface area (Å²) in [5.74, 6) is 0. The highest BCUT2D eigenvalue weighted by atomic mass is 32.2. The fourth-order valence-electron chi connectivity index (χ4n) is 0.734. The van der Waals surface area contributed by atoms with Crippen molar-refractivity contribution in [1.29, 1.82) is 0 Å². The van der Waals surface area contributed by atoms with Gasteiger partial charge in [-0.05, 0) is 6.07 Å². The fraction of sp³-hybridized carbons (Fsp3) is 0.167. The number of hydrogen-bond donors (Lipinski definition) is 2. The average Bonchev–Trinajstić information content (AvgIpc) is 2.47. The maximum atomic E-state index is 10.6. The predicted molar refractivity (Wildman–Crippen MR) is 48.1 cm³/mol. The molecule has 5 nitrogen and oxygen atoms in total. The van der Waals surface area contributed by atoms with E-state index in [0.29, 0.717) is 11.3 Å². The summed E-state index contributed by atoms with van der Waals surface area (Å²) < 4.78 is 29.8. The lowest BCUT2D eigenvalue weighted by Crippen LogP contribution is -1.94. The van der Waals surface area contributed by atoms with Crippen molar-refractivity contribution in [2.75, 3.05) is 0 Å². The molecule has 0 unspecified atom stereocenters. The van der Waals surface area contributed by atoms with E-state index >= 15 is 0 Å². The topological polar surface area (TPSA) is 87.0 Å². The third-order valence-electron chi connectivity index (χ3n) is 1.30. The highest BCUT2D eigenvalue weighted by Gasteiger charge is 2.11. The van der Waals surface area contributed by atoms with Crippen LogP contribution in [0.5, 0.6) is 0 Å². The number of rotatable bonds is 3. The molecule has 2 N–H and O–H groups in total. The number of hydrogen-bond acceptors (Lipinski definition) is 5. The number of oxime groups is 1. The molecule has 0 saturated carbocycles. The van der Waals surface area contributed by atoms with Crippen molar-refractivity contribution < 1.29 is 18.2 Å². The first-order valence-corrected chi connectivity index (χ1v) is 5.57. The Labute approximate surface area is 79.1 Å². The third kappa shape index (κ3) is 2.79. The molecule has 0 radical (unpaired) electrons. The van der Waals surface area contributed by atoms with Gasteiger partial charge >= 0.3 is 0 Å². The molecule has 72 valence electrons. The van der Waals surface area contributed by atoms with Gasteiger partial charge in [0.2, 0.25) is 0 Å². The average molecular weight is 221 g/mol. The van der Waals surface area contributed by atoms with Crippen LogP contribution in [-0.4, -0.2) is 24.4 Å². The maximum Gasteiger partial charge on any atom is 0.295 e. The van der Waals surface area contributed by atoms with E-state index in [1.54, 1.807) is 0 Å². The molecule has 7 heteroatoms. The molecule has 0 fully saturated rings. The van der Waals surface area contributed by atoms with Gasteiger partial charge in [0.15, 0.2) is 0 Å². The van der Waals surface area contributed by atoms with Gasteiger partial charge in [0.05, 0.1) is 0 Å². The van der Waals surface area contributed by atoms with Crippen LogP contribution >= 0.6 is 11.3 Å². The molecule has 0 aliphatic heterocycles. The second kappa shape index (κ2) is 3.86. The molecular formula is C6H7NO4S2. The van der Waals surface area contributed by atoms with E-state index in [1.165, 1.54) is 29.0 Å². The van der Waals surface area contributed by atoms with Gasteiger partial charge in [0.1, 0.15) is 4.90 Å². The minimum Gasteiger partial charge on any atom is -0.411 e. The Kier molecular flexibility index (Phi) is 3.02. The lowest BCUT2D eigenvalue weighted by atomic mass is 10.4. The Morgan fingerprint density at radius 1 is 1.62 bits per heavy atom. The Morgan fingerprint density at radius 3 is 2.77 bits per heavy atom. The first-order chi connectivity index (χ1) is 6.04. The van der Waals surface area contributed by atoms with E-state index in [2.05, 4.69) is 5.16 Å². The van der Waals surface area contributed by atoms with Crippen LogP contribution in [0.1, 0.15) is 4.88 Å². The van der Waals surface area contributed by atoms with Crippen LogP contribution in [0.25, 0.3) is 0 Å². The Hall–Kier alpha value is -0.920. The predicted octanol–water partition coefficient (Wildman–Crippen LogP) is 0.997. The normalized spacial score (nSPS) is 12.4. The summed E-state index contributed by atoms with van der Waals surface area (Å²) in [6, 6.07) is 1.34. The standard InChI is InChI=1S/C6H7NO4S2/c8-7-2-1-5-3-6(4-12-5)13(9,10)11/h2-4,8H,1H2,(H,9,10,11). The highest BCUT2D eigenvalue weighted by molar-refractivity contribution is 7.86. The zero-order valence-electron chi connectivity index (χ0n) is 6.41. The summed E-state index contributed by atoms with van der Waals surface area (Å²) in [6.45, 7) is 0. The first kappa shape index (κ1) is 10.2. The Bertz CT molecular complexity index is 406. The number of thiophene rings is 1. The molecule has 0 bridgehead atoms. The highest BCUT2D eigenvalue weighted by Crippen LogP contribution is 2.18. The first-order valence-electron chi connectivity index (χ1n) is 3.25. The molecule has 0 aliphatic carbocycles. The molecule has 0 aromatic carbocycles. The lowest BCUT2D eigenvalue weighted by Gasteiger charge is -1.87. The summed E-state index contributed by atoms with van der Waals surface area (Å²) >= 11 is 1.17. The monoisotopic (exact) mass is 221 g/mol. The van der Waals surface area contributed by atoms with Crippen molar-refractivity contribution in [3.05, 3.63) is 16.3 Å². The van der Waals surface area contributed by atoms with Gasteiger partial charge in [0.25, 0.3) is 10.1 Å². The summed E-state index contributed by atoms with van der Waals surface area (Å²) in [4.78, 5) is 0.573. The quantitative estimate of drug-likeness (QED) is 0.345. The van der Waals surface area contributed by atoms with Crippen LogP contribution in [0.4, 0.5) is 0 Å². The molecule has 0 atom stereocenters. The molecule has 13 heavy (non-hydrogen) atoms. The van der Waals surface area contributed by atoms with Crippen molar-refractivity contribution in [3.63, 3.8) is 0 Å². The van der Waals surface area contributed by atoms with Crippen LogP contribution in [0.15, 0.2) is 21.5 Å². The van der Waals surface area contributed by atoms with Crippen molar-refractivity contribution in [1.82, 2.24) is 0 Å².